The van der Waals surface area contributed by atoms with Gasteiger partial charge >= 0.3 is 0 Å². The number of halogens is 2. The molecule has 47 heavy (non-hydrogen) atoms. The topological polar surface area (TPSA) is 67.4 Å². The van der Waals surface area contributed by atoms with Gasteiger partial charge < -0.3 is 4.57 Å². The van der Waals surface area contributed by atoms with Gasteiger partial charge in [0.15, 0.2) is 17.5 Å². The summed E-state index contributed by atoms with van der Waals surface area (Å²) < 4.78 is 31.9. The molecule has 0 saturated heterocycles. The number of fused-ring (bicyclic) bond motifs is 3. The molecular formula is C40H23F2N5. The van der Waals surface area contributed by atoms with E-state index in [1.54, 1.807) is 6.07 Å². The van der Waals surface area contributed by atoms with Crippen molar-refractivity contribution in [2.24, 2.45) is 0 Å². The predicted molar refractivity (Wildman–Crippen MR) is 181 cm³/mol. The maximum absolute atomic E-state index is 15.7. The molecule has 0 N–H and O–H groups in total. The molecule has 0 saturated carbocycles. The van der Waals surface area contributed by atoms with Gasteiger partial charge in [0.25, 0.3) is 0 Å². The third-order valence-electron chi connectivity index (χ3n) is 8.23. The van der Waals surface area contributed by atoms with Crippen molar-refractivity contribution in [1.82, 2.24) is 19.5 Å². The van der Waals surface area contributed by atoms with Gasteiger partial charge in [0.2, 0.25) is 0 Å². The molecule has 222 valence electrons. The average molecular weight is 612 g/mol. The van der Waals surface area contributed by atoms with E-state index >= 15 is 4.39 Å². The maximum Gasteiger partial charge on any atom is 0.164 e. The summed E-state index contributed by atoms with van der Waals surface area (Å²) in [6, 6.07) is 44.2. The third kappa shape index (κ3) is 4.98. The summed E-state index contributed by atoms with van der Waals surface area (Å²) in [4.78, 5) is 14.6. The number of benzene rings is 6. The Morgan fingerprint density at radius 1 is 0.511 bits per heavy atom. The van der Waals surface area contributed by atoms with Crippen LogP contribution in [0, 0.1) is 23.0 Å². The summed E-state index contributed by atoms with van der Waals surface area (Å²) in [6.45, 7) is 0. The minimum absolute atomic E-state index is 0.199. The number of hydrogen-bond acceptors (Lipinski definition) is 4. The number of nitrogens with zero attached hydrogens (tertiary/aromatic N) is 5. The first-order valence-electron chi connectivity index (χ1n) is 15.0. The highest BCUT2D eigenvalue weighted by atomic mass is 19.1. The van der Waals surface area contributed by atoms with Gasteiger partial charge in [-0.1, -0.05) is 84.9 Å². The molecule has 0 bridgehead atoms. The molecule has 0 atom stereocenters. The van der Waals surface area contributed by atoms with Crippen molar-refractivity contribution in [3.63, 3.8) is 0 Å². The summed E-state index contributed by atoms with van der Waals surface area (Å²) in [7, 11) is 0. The quantitative estimate of drug-likeness (QED) is 0.194. The molecule has 0 amide bonds. The largest absolute Gasteiger partial charge is 0.309 e. The summed E-state index contributed by atoms with van der Waals surface area (Å²) in [5.41, 5.74) is 5.85. The fourth-order valence-corrected chi connectivity index (χ4v) is 6.04. The Kier molecular flexibility index (Phi) is 6.81. The van der Waals surface area contributed by atoms with Gasteiger partial charge in [-0.2, -0.15) is 5.26 Å². The first-order chi connectivity index (χ1) is 23.1. The Morgan fingerprint density at radius 3 is 1.81 bits per heavy atom. The molecule has 8 aromatic rings. The van der Waals surface area contributed by atoms with Crippen molar-refractivity contribution < 1.29 is 8.78 Å². The lowest BCUT2D eigenvalue weighted by Gasteiger charge is -2.16. The van der Waals surface area contributed by atoms with Crippen LogP contribution in [0.5, 0.6) is 0 Å². The number of aromatic nitrogens is 4. The molecule has 0 aliphatic heterocycles. The highest BCUT2D eigenvalue weighted by Crippen LogP contribution is 2.38. The van der Waals surface area contributed by atoms with Gasteiger partial charge in [-0.25, -0.2) is 23.7 Å². The van der Waals surface area contributed by atoms with E-state index in [1.807, 2.05) is 115 Å². The van der Waals surface area contributed by atoms with E-state index in [2.05, 4.69) is 10.6 Å². The second-order valence-corrected chi connectivity index (χ2v) is 11.1. The average Bonchev–Trinajstić information content (AvgIpc) is 3.45. The van der Waals surface area contributed by atoms with Gasteiger partial charge in [-0.15, -0.1) is 0 Å². The van der Waals surface area contributed by atoms with Crippen LogP contribution in [0.4, 0.5) is 8.78 Å². The molecule has 5 nitrogen and oxygen atoms in total. The van der Waals surface area contributed by atoms with Crippen LogP contribution in [-0.4, -0.2) is 19.5 Å². The second-order valence-electron chi connectivity index (χ2n) is 11.1. The molecule has 0 fully saturated rings. The Morgan fingerprint density at radius 2 is 1.13 bits per heavy atom. The van der Waals surface area contributed by atoms with E-state index < -0.39 is 11.6 Å². The zero-order chi connectivity index (χ0) is 31.9. The normalized spacial score (nSPS) is 11.2. The Labute approximate surface area is 268 Å². The Balaban J connectivity index is 1.42. The third-order valence-corrected chi connectivity index (χ3v) is 8.23. The Hall–Kier alpha value is -6.52. The van der Waals surface area contributed by atoms with Gasteiger partial charge in [-0.3, -0.25) is 0 Å². The lowest BCUT2D eigenvalue weighted by Crippen LogP contribution is -2.02. The van der Waals surface area contributed by atoms with Gasteiger partial charge in [0, 0.05) is 44.8 Å². The van der Waals surface area contributed by atoms with Crippen LogP contribution < -0.4 is 0 Å². The smallest absolute Gasteiger partial charge is 0.164 e. The zero-order valence-electron chi connectivity index (χ0n) is 24.8. The van der Waals surface area contributed by atoms with E-state index in [-0.39, 0.29) is 5.56 Å². The first-order valence-corrected chi connectivity index (χ1v) is 15.0. The van der Waals surface area contributed by atoms with Crippen molar-refractivity contribution >= 4 is 21.8 Å². The summed E-state index contributed by atoms with van der Waals surface area (Å²) in [5.74, 6) is -0.103. The molecule has 0 unspecified atom stereocenters. The minimum Gasteiger partial charge on any atom is -0.309 e. The van der Waals surface area contributed by atoms with E-state index in [1.165, 1.54) is 12.1 Å². The first kappa shape index (κ1) is 28.0. The molecule has 0 aliphatic rings. The second kappa shape index (κ2) is 11.4. The van der Waals surface area contributed by atoms with Crippen LogP contribution in [0.3, 0.4) is 0 Å². The number of para-hydroxylation sites is 1. The molecular weight excluding hydrogens is 588 g/mol. The molecule has 2 heterocycles. The maximum atomic E-state index is 15.7. The molecule has 6 aromatic carbocycles. The monoisotopic (exact) mass is 611 g/mol. The molecule has 0 spiro atoms. The Bertz CT molecular complexity index is 2440. The van der Waals surface area contributed by atoms with Crippen molar-refractivity contribution in [3.8, 4) is 57.0 Å². The lowest BCUT2D eigenvalue weighted by atomic mass is 9.97. The lowest BCUT2D eigenvalue weighted by molar-refractivity contribution is 0.585. The SMILES string of the molecule is N#Cc1ccc2c3ccccc3n(-c3ccc(-c4nc(-c5ccccc5)nc(-c5ccccc5)n4)c(-c4ccc(F)cc4F)c3)c2c1. The van der Waals surface area contributed by atoms with Crippen LogP contribution in [0.15, 0.2) is 140 Å². The zero-order valence-corrected chi connectivity index (χ0v) is 24.8. The molecule has 0 radical (unpaired) electrons. The summed E-state index contributed by atoms with van der Waals surface area (Å²) >= 11 is 0. The van der Waals surface area contributed by atoms with Crippen LogP contribution in [0.2, 0.25) is 0 Å². The number of nitriles is 1. The van der Waals surface area contributed by atoms with Crippen molar-refractivity contribution in [2.75, 3.05) is 0 Å². The highest BCUT2D eigenvalue weighted by Gasteiger charge is 2.20. The molecule has 7 heteroatoms. The predicted octanol–water partition coefficient (Wildman–Crippen LogP) is 9.79. The molecule has 8 rings (SSSR count). The van der Waals surface area contributed by atoms with Crippen molar-refractivity contribution in [3.05, 3.63) is 157 Å². The van der Waals surface area contributed by atoms with Gasteiger partial charge in [0.05, 0.1) is 22.7 Å². The van der Waals surface area contributed by atoms with Crippen molar-refractivity contribution in [2.45, 2.75) is 0 Å². The van der Waals surface area contributed by atoms with Crippen LogP contribution >= 0.6 is 0 Å². The van der Waals surface area contributed by atoms with E-state index in [9.17, 15) is 9.65 Å². The summed E-state index contributed by atoms with van der Waals surface area (Å²) in [6.07, 6.45) is 0. The molecule has 2 aromatic heterocycles. The standard InChI is InChI=1S/C40H23F2N5/c41-28-16-19-30(35(42)22-28)34-23-29(47-36-14-8-7-13-31(36)32-18-15-25(24-43)21-37(32)47)17-20-33(34)40-45-38(26-9-3-1-4-10-26)44-39(46-40)27-11-5-2-6-12-27/h1-23H. The van der Waals surface area contributed by atoms with Gasteiger partial charge in [0.1, 0.15) is 11.6 Å². The minimum atomic E-state index is -0.710. The van der Waals surface area contributed by atoms with Gasteiger partial charge in [-0.05, 0) is 54.1 Å². The number of rotatable bonds is 5. The fourth-order valence-electron chi connectivity index (χ4n) is 6.04. The van der Waals surface area contributed by atoms with E-state index in [4.69, 9.17) is 15.0 Å². The van der Waals surface area contributed by atoms with Crippen LogP contribution in [0.25, 0.3) is 72.8 Å². The molecule has 0 aliphatic carbocycles. The highest BCUT2D eigenvalue weighted by molar-refractivity contribution is 6.09. The van der Waals surface area contributed by atoms with Crippen LogP contribution in [0.1, 0.15) is 5.56 Å². The van der Waals surface area contributed by atoms with Crippen LogP contribution in [-0.2, 0) is 0 Å². The number of hydrogen-bond donors (Lipinski definition) is 0. The van der Waals surface area contributed by atoms with Crippen molar-refractivity contribution in [1.29, 1.82) is 5.26 Å². The van der Waals surface area contributed by atoms with E-state index in [0.29, 0.717) is 34.2 Å². The fraction of sp³-hybridized carbons (Fsp3) is 0. The van der Waals surface area contributed by atoms with E-state index in [0.717, 1.165) is 44.7 Å². The summed E-state index contributed by atoms with van der Waals surface area (Å²) in [5, 5.41) is 11.7.